The fourth-order valence-electron chi connectivity index (χ4n) is 4.48. The van der Waals surface area contributed by atoms with E-state index >= 15 is 0 Å². The summed E-state index contributed by atoms with van der Waals surface area (Å²) in [5, 5.41) is 3.95. The molecule has 1 N–H and O–H groups in total. The topological polar surface area (TPSA) is 90.2 Å². The summed E-state index contributed by atoms with van der Waals surface area (Å²) < 4.78 is 18.3. The van der Waals surface area contributed by atoms with E-state index < -0.39 is 0 Å². The second-order valence-corrected chi connectivity index (χ2v) is 9.35. The summed E-state index contributed by atoms with van der Waals surface area (Å²) in [5.41, 5.74) is 4.57. The number of ether oxygens (including phenoxy) is 3. The highest BCUT2D eigenvalue weighted by Crippen LogP contribution is 2.37. The van der Waals surface area contributed by atoms with E-state index in [0.29, 0.717) is 51.4 Å². The van der Waals surface area contributed by atoms with Crippen molar-refractivity contribution in [2.45, 2.75) is 20.4 Å². The maximum atomic E-state index is 13.0. The van der Waals surface area contributed by atoms with Gasteiger partial charge in [0.25, 0.3) is 0 Å². The van der Waals surface area contributed by atoms with Gasteiger partial charge < -0.3 is 19.5 Å². The summed E-state index contributed by atoms with van der Waals surface area (Å²) in [5.74, 6) is 2.59. The number of rotatable bonds is 8. The fourth-order valence-corrected chi connectivity index (χ4v) is 4.75. The molecule has 9 nitrogen and oxygen atoms in total. The number of benzene rings is 3. The molecule has 5 rings (SSSR count). The van der Waals surface area contributed by atoms with Crippen molar-refractivity contribution in [3.8, 4) is 17.2 Å². The van der Waals surface area contributed by atoms with Crippen LogP contribution in [-0.4, -0.2) is 41.6 Å². The maximum Gasteiger partial charge on any atom is 0.226 e. The van der Waals surface area contributed by atoms with Crippen LogP contribution in [0.3, 0.4) is 0 Å². The molecule has 2 aromatic heterocycles. The van der Waals surface area contributed by atoms with Gasteiger partial charge in [0.2, 0.25) is 11.9 Å². The van der Waals surface area contributed by atoms with Crippen molar-refractivity contribution in [3.05, 3.63) is 76.9 Å². The van der Waals surface area contributed by atoms with E-state index in [1.807, 2.05) is 59.9 Å². The van der Waals surface area contributed by atoms with Crippen LogP contribution in [0.1, 0.15) is 18.1 Å². The SMILES string of the molecule is COc1ccc(CN(C(C)=O)c2ncc3c(Nc4c(C)cccc4Cl)nc4cc(OC)c(OC)cc4n23)cc1. The summed E-state index contributed by atoms with van der Waals surface area (Å²) in [4.78, 5) is 24.2. The number of aryl methyl sites for hydroxylation is 1. The van der Waals surface area contributed by atoms with E-state index in [1.54, 1.807) is 38.5 Å². The number of halogens is 1. The molecule has 5 aromatic rings. The first kappa shape index (κ1) is 26.1. The second-order valence-electron chi connectivity index (χ2n) is 8.95. The van der Waals surface area contributed by atoms with Crippen LogP contribution in [0, 0.1) is 6.92 Å². The zero-order valence-corrected chi connectivity index (χ0v) is 23.0. The van der Waals surface area contributed by atoms with Gasteiger partial charge in [-0.05, 0) is 36.2 Å². The monoisotopic (exact) mass is 545 g/mol. The Morgan fingerprint density at radius 2 is 1.72 bits per heavy atom. The van der Waals surface area contributed by atoms with Crippen LogP contribution >= 0.6 is 11.6 Å². The number of fused-ring (bicyclic) bond motifs is 3. The summed E-state index contributed by atoms with van der Waals surface area (Å²) in [6.45, 7) is 3.79. The van der Waals surface area contributed by atoms with Crippen LogP contribution < -0.4 is 24.4 Å². The summed E-state index contributed by atoms with van der Waals surface area (Å²) in [7, 11) is 4.76. The minimum absolute atomic E-state index is 0.166. The number of carbonyl (C=O) groups excluding carboxylic acids is 1. The highest BCUT2D eigenvalue weighted by atomic mass is 35.5. The second kappa shape index (κ2) is 10.7. The number of nitrogens with one attached hydrogen (secondary N) is 1. The predicted molar refractivity (Wildman–Crippen MR) is 153 cm³/mol. The normalized spacial score (nSPS) is 11.0. The van der Waals surface area contributed by atoms with E-state index in [1.165, 1.54) is 6.92 Å². The van der Waals surface area contributed by atoms with Gasteiger partial charge >= 0.3 is 0 Å². The standard InChI is InChI=1S/C29H28ClN5O4/c1-17-7-6-8-21(30)27(17)33-28-24-15-31-29(34(18(2)36)16-19-9-11-20(37-3)12-10-19)35(24)23-14-26(39-5)25(38-4)13-22(23)32-28/h6-15H,16H2,1-5H3,(H,32,33). The van der Waals surface area contributed by atoms with Crippen molar-refractivity contribution < 1.29 is 19.0 Å². The van der Waals surface area contributed by atoms with Gasteiger partial charge in [-0.15, -0.1) is 0 Å². The van der Waals surface area contributed by atoms with E-state index in [-0.39, 0.29) is 5.91 Å². The lowest BCUT2D eigenvalue weighted by Gasteiger charge is -2.21. The number of amides is 1. The highest BCUT2D eigenvalue weighted by molar-refractivity contribution is 6.33. The minimum Gasteiger partial charge on any atom is -0.497 e. The molecule has 0 aliphatic heterocycles. The van der Waals surface area contributed by atoms with Crippen LogP contribution in [0.4, 0.5) is 17.5 Å². The lowest BCUT2D eigenvalue weighted by molar-refractivity contribution is -0.116. The number of methoxy groups -OCH3 is 3. The summed E-state index contributed by atoms with van der Waals surface area (Å²) in [6.07, 6.45) is 1.69. The zero-order valence-electron chi connectivity index (χ0n) is 22.3. The van der Waals surface area contributed by atoms with Crippen LogP contribution in [0.25, 0.3) is 16.6 Å². The molecular weight excluding hydrogens is 518 g/mol. The Balaban J connectivity index is 1.74. The first-order valence-electron chi connectivity index (χ1n) is 12.2. The molecule has 200 valence electrons. The Morgan fingerprint density at radius 1 is 1.00 bits per heavy atom. The van der Waals surface area contributed by atoms with Crippen molar-refractivity contribution in [1.82, 2.24) is 14.4 Å². The largest absolute Gasteiger partial charge is 0.497 e. The average Bonchev–Trinajstić information content (AvgIpc) is 3.38. The zero-order chi connectivity index (χ0) is 27.7. The van der Waals surface area contributed by atoms with Crippen LogP contribution in [0.5, 0.6) is 17.2 Å². The molecule has 0 bridgehead atoms. The van der Waals surface area contributed by atoms with Crippen LogP contribution in [0.2, 0.25) is 5.02 Å². The first-order valence-corrected chi connectivity index (χ1v) is 12.6. The molecule has 0 unspecified atom stereocenters. The minimum atomic E-state index is -0.166. The number of hydrogen-bond acceptors (Lipinski definition) is 7. The third-order valence-electron chi connectivity index (χ3n) is 6.53. The van der Waals surface area contributed by atoms with Crippen molar-refractivity contribution in [2.24, 2.45) is 0 Å². The van der Waals surface area contributed by atoms with Gasteiger partial charge in [-0.25, -0.2) is 9.97 Å². The van der Waals surface area contributed by atoms with Crippen LogP contribution in [0.15, 0.2) is 60.8 Å². The molecule has 0 fully saturated rings. The number of imidazole rings is 1. The Morgan fingerprint density at radius 3 is 2.36 bits per heavy atom. The first-order chi connectivity index (χ1) is 18.8. The van der Waals surface area contributed by atoms with Gasteiger partial charge in [0.05, 0.1) is 55.8 Å². The molecule has 1 amide bonds. The van der Waals surface area contributed by atoms with E-state index in [0.717, 1.165) is 22.6 Å². The number of hydrogen-bond donors (Lipinski definition) is 1. The lowest BCUT2D eigenvalue weighted by Crippen LogP contribution is -2.29. The molecule has 0 radical (unpaired) electrons. The van der Waals surface area contributed by atoms with E-state index in [2.05, 4.69) is 5.32 Å². The molecule has 0 spiro atoms. The molecule has 3 aromatic carbocycles. The number of carbonyl (C=O) groups is 1. The van der Waals surface area contributed by atoms with Crippen molar-refractivity contribution in [2.75, 3.05) is 31.5 Å². The molecule has 0 saturated carbocycles. The molecule has 0 aliphatic rings. The van der Waals surface area contributed by atoms with Gasteiger partial charge in [0, 0.05) is 19.1 Å². The Kier molecular flexibility index (Phi) is 7.17. The Labute approximate surface area is 230 Å². The van der Waals surface area contributed by atoms with Gasteiger partial charge in [-0.1, -0.05) is 35.9 Å². The van der Waals surface area contributed by atoms with Gasteiger partial charge in [0.1, 0.15) is 11.3 Å². The van der Waals surface area contributed by atoms with Crippen LogP contribution in [-0.2, 0) is 11.3 Å². The molecule has 0 atom stereocenters. The van der Waals surface area contributed by atoms with E-state index in [9.17, 15) is 4.79 Å². The predicted octanol–water partition coefficient (Wildman–Crippen LogP) is 6.17. The molecule has 39 heavy (non-hydrogen) atoms. The molecule has 2 heterocycles. The fraction of sp³-hybridized carbons (Fsp3) is 0.207. The third kappa shape index (κ3) is 4.88. The maximum absolute atomic E-state index is 13.0. The summed E-state index contributed by atoms with van der Waals surface area (Å²) in [6, 6.07) is 16.9. The molecular formula is C29H28ClN5O4. The number of para-hydroxylation sites is 1. The average molecular weight is 546 g/mol. The van der Waals surface area contributed by atoms with Crippen molar-refractivity contribution in [1.29, 1.82) is 0 Å². The number of anilines is 3. The smallest absolute Gasteiger partial charge is 0.226 e. The van der Waals surface area contributed by atoms with E-state index in [4.69, 9.17) is 35.8 Å². The van der Waals surface area contributed by atoms with Crippen molar-refractivity contribution >= 4 is 51.5 Å². The number of nitrogens with zero attached hydrogens (tertiary/aromatic N) is 4. The molecule has 0 saturated heterocycles. The molecule has 10 heteroatoms. The summed E-state index contributed by atoms with van der Waals surface area (Å²) >= 11 is 6.53. The van der Waals surface area contributed by atoms with Gasteiger partial charge in [-0.3, -0.25) is 14.1 Å². The lowest BCUT2D eigenvalue weighted by atomic mass is 10.2. The van der Waals surface area contributed by atoms with Crippen molar-refractivity contribution in [3.63, 3.8) is 0 Å². The number of aromatic nitrogens is 3. The van der Waals surface area contributed by atoms with Gasteiger partial charge in [0.15, 0.2) is 17.3 Å². The molecule has 0 aliphatic carbocycles. The Bertz CT molecular complexity index is 1660. The quantitative estimate of drug-likeness (QED) is 0.249. The van der Waals surface area contributed by atoms with Gasteiger partial charge in [-0.2, -0.15) is 0 Å². The highest BCUT2D eigenvalue weighted by Gasteiger charge is 2.23. The Hall–Kier alpha value is -4.50. The third-order valence-corrected chi connectivity index (χ3v) is 6.84.